The number of rotatable bonds is 2. The lowest BCUT2D eigenvalue weighted by Crippen LogP contribution is -1.79. The van der Waals surface area contributed by atoms with Gasteiger partial charge in [-0.3, -0.25) is 0 Å². The van der Waals surface area contributed by atoms with Crippen molar-refractivity contribution in [3.63, 3.8) is 0 Å². The van der Waals surface area contributed by atoms with E-state index in [0.717, 1.165) is 11.1 Å². The van der Waals surface area contributed by atoms with E-state index in [-0.39, 0.29) is 0 Å². The molecular formula is C13H9NS. The van der Waals surface area contributed by atoms with Crippen LogP contribution in [0.25, 0.3) is 11.6 Å². The minimum atomic E-state index is 0.703. The molecule has 0 fully saturated rings. The van der Waals surface area contributed by atoms with Gasteiger partial charge >= 0.3 is 0 Å². The summed E-state index contributed by atoms with van der Waals surface area (Å²) >= 11 is 1.63. The summed E-state index contributed by atoms with van der Waals surface area (Å²) in [5.41, 5.74) is 2.75. The van der Waals surface area contributed by atoms with Crippen molar-refractivity contribution in [2.45, 2.75) is 0 Å². The van der Waals surface area contributed by atoms with E-state index in [1.54, 1.807) is 11.3 Å². The topological polar surface area (TPSA) is 23.8 Å². The highest BCUT2D eigenvalue weighted by molar-refractivity contribution is 7.08. The van der Waals surface area contributed by atoms with E-state index in [2.05, 4.69) is 6.07 Å². The molecule has 1 heterocycles. The lowest BCUT2D eigenvalue weighted by molar-refractivity contribution is 1.52. The first-order valence-corrected chi connectivity index (χ1v) is 5.54. The van der Waals surface area contributed by atoms with Crippen LogP contribution in [-0.4, -0.2) is 0 Å². The first-order valence-electron chi connectivity index (χ1n) is 4.59. The molecule has 0 unspecified atom stereocenters. The zero-order valence-corrected chi connectivity index (χ0v) is 8.87. The first kappa shape index (κ1) is 9.70. The Morgan fingerprint density at radius 2 is 2.00 bits per heavy atom. The predicted octanol–water partition coefficient (Wildman–Crippen LogP) is 3.81. The van der Waals surface area contributed by atoms with Crippen LogP contribution < -0.4 is 0 Å². The SMILES string of the molecule is N#C/C(=C/c1ccsc1)c1ccccc1. The highest BCUT2D eigenvalue weighted by atomic mass is 32.1. The number of nitriles is 1. The molecule has 1 aromatic carbocycles. The second-order valence-corrected chi connectivity index (χ2v) is 3.87. The summed E-state index contributed by atoms with van der Waals surface area (Å²) in [5, 5.41) is 13.1. The Labute approximate surface area is 92.9 Å². The van der Waals surface area contributed by atoms with Gasteiger partial charge in [-0.1, -0.05) is 30.3 Å². The molecule has 72 valence electrons. The second-order valence-electron chi connectivity index (χ2n) is 3.09. The normalized spacial score (nSPS) is 11.0. The van der Waals surface area contributed by atoms with Crippen molar-refractivity contribution in [1.29, 1.82) is 5.26 Å². The van der Waals surface area contributed by atoms with Gasteiger partial charge in [-0.15, -0.1) is 0 Å². The van der Waals surface area contributed by atoms with Crippen LogP contribution in [0.5, 0.6) is 0 Å². The molecule has 1 aromatic heterocycles. The second kappa shape index (κ2) is 4.59. The molecule has 0 bridgehead atoms. The van der Waals surface area contributed by atoms with Crippen molar-refractivity contribution < 1.29 is 0 Å². The van der Waals surface area contributed by atoms with Crippen molar-refractivity contribution in [3.8, 4) is 6.07 Å². The van der Waals surface area contributed by atoms with Gasteiger partial charge in [0.25, 0.3) is 0 Å². The summed E-state index contributed by atoms with van der Waals surface area (Å²) in [7, 11) is 0. The summed E-state index contributed by atoms with van der Waals surface area (Å²) in [4.78, 5) is 0. The number of benzene rings is 1. The molecule has 0 atom stereocenters. The third kappa shape index (κ3) is 2.34. The average Bonchev–Trinajstić information content (AvgIpc) is 2.80. The van der Waals surface area contributed by atoms with Crippen molar-refractivity contribution in [1.82, 2.24) is 0 Å². The molecule has 2 heteroatoms. The van der Waals surface area contributed by atoms with Gasteiger partial charge in [-0.25, -0.2) is 0 Å². The number of hydrogen-bond donors (Lipinski definition) is 0. The Kier molecular flexibility index (Phi) is 2.96. The number of thiophene rings is 1. The molecule has 2 rings (SSSR count). The van der Waals surface area contributed by atoms with Crippen molar-refractivity contribution in [2.24, 2.45) is 0 Å². The Morgan fingerprint density at radius 3 is 2.60 bits per heavy atom. The maximum atomic E-state index is 9.06. The van der Waals surface area contributed by atoms with E-state index in [4.69, 9.17) is 5.26 Å². The van der Waals surface area contributed by atoms with Crippen molar-refractivity contribution in [3.05, 3.63) is 58.3 Å². The molecule has 0 saturated carbocycles. The molecule has 0 spiro atoms. The molecule has 0 N–H and O–H groups in total. The largest absolute Gasteiger partial charge is 0.192 e. The summed E-state index contributed by atoms with van der Waals surface area (Å²) in [6.07, 6.45) is 1.91. The Balaban J connectivity index is 2.38. The van der Waals surface area contributed by atoms with Gasteiger partial charge in [0, 0.05) is 0 Å². The Bertz CT molecular complexity index is 489. The molecule has 0 radical (unpaired) electrons. The van der Waals surface area contributed by atoms with Crippen LogP contribution >= 0.6 is 11.3 Å². The molecule has 15 heavy (non-hydrogen) atoms. The van der Waals surface area contributed by atoms with Gasteiger partial charge in [0.15, 0.2) is 0 Å². The molecular weight excluding hydrogens is 202 g/mol. The van der Waals surface area contributed by atoms with Crippen LogP contribution in [-0.2, 0) is 0 Å². The van der Waals surface area contributed by atoms with Crippen LogP contribution in [0.4, 0.5) is 0 Å². The lowest BCUT2D eigenvalue weighted by Gasteiger charge is -1.96. The first-order chi connectivity index (χ1) is 7.40. The smallest absolute Gasteiger partial charge is 0.0998 e. The fraction of sp³-hybridized carbons (Fsp3) is 0. The lowest BCUT2D eigenvalue weighted by atomic mass is 10.1. The zero-order valence-electron chi connectivity index (χ0n) is 8.05. The van der Waals surface area contributed by atoms with Gasteiger partial charge in [-0.05, 0) is 34.0 Å². The highest BCUT2D eigenvalue weighted by Gasteiger charge is 1.99. The summed E-state index contributed by atoms with van der Waals surface area (Å²) in [6, 6.07) is 13.9. The zero-order chi connectivity index (χ0) is 10.5. The van der Waals surface area contributed by atoms with Crippen LogP contribution in [0.15, 0.2) is 47.2 Å². The van der Waals surface area contributed by atoms with Crippen LogP contribution in [0, 0.1) is 11.3 Å². The third-order valence-electron chi connectivity index (χ3n) is 2.06. The number of hydrogen-bond acceptors (Lipinski definition) is 2. The van der Waals surface area contributed by atoms with E-state index in [1.807, 2.05) is 53.2 Å². The van der Waals surface area contributed by atoms with Gasteiger partial charge in [0.1, 0.15) is 0 Å². The maximum Gasteiger partial charge on any atom is 0.0998 e. The van der Waals surface area contributed by atoms with Gasteiger partial charge in [-0.2, -0.15) is 16.6 Å². The standard InChI is InChI=1S/C13H9NS/c14-9-13(8-11-6-7-15-10-11)12-4-2-1-3-5-12/h1-8,10H/b13-8-. The van der Waals surface area contributed by atoms with Crippen LogP contribution in [0.3, 0.4) is 0 Å². The average molecular weight is 211 g/mol. The maximum absolute atomic E-state index is 9.06. The molecule has 0 aliphatic carbocycles. The van der Waals surface area contributed by atoms with E-state index in [1.165, 1.54) is 0 Å². The molecule has 0 aliphatic rings. The molecule has 2 aromatic rings. The predicted molar refractivity (Wildman–Crippen MR) is 64.2 cm³/mol. The quantitative estimate of drug-likeness (QED) is 0.693. The molecule has 1 nitrogen and oxygen atoms in total. The van der Waals surface area contributed by atoms with E-state index in [9.17, 15) is 0 Å². The number of nitrogens with zero attached hydrogens (tertiary/aromatic N) is 1. The summed E-state index contributed by atoms with van der Waals surface area (Å²) in [5.74, 6) is 0. The van der Waals surface area contributed by atoms with Crippen LogP contribution in [0.2, 0.25) is 0 Å². The van der Waals surface area contributed by atoms with E-state index < -0.39 is 0 Å². The van der Waals surface area contributed by atoms with E-state index in [0.29, 0.717) is 5.57 Å². The minimum Gasteiger partial charge on any atom is -0.192 e. The molecule has 0 amide bonds. The summed E-state index contributed by atoms with van der Waals surface area (Å²) in [6.45, 7) is 0. The van der Waals surface area contributed by atoms with Gasteiger partial charge in [0.05, 0.1) is 11.6 Å². The fourth-order valence-electron chi connectivity index (χ4n) is 1.32. The van der Waals surface area contributed by atoms with Gasteiger partial charge < -0.3 is 0 Å². The fourth-order valence-corrected chi connectivity index (χ4v) is 1.94. The summed E-state index contributed by atoms with van der Waals surface area (Å²) < 4.78 is 0. The molecule has 0 saturated heterocycles. The molecule has 0 aliphatic heterocycles. The van der Waals surface area contributed by atoms with Crippen LogP contribution in [0.1, 0.15) is 11.1 Å². The van der Waals surface area contributed by atoms with E-state index >= 15 is 0 Å². The highest BCUT2D eigenvalue weighted by Crippen LogP contribution is 2.18. The van der Waals surface area contributed by atoms with Crippen molar-refractivity contribution >= 4 is 23.0 Å². The Hall–Kier alpha value is -1.85. The third-order valence-corrected chi connectivity index (χ3v) is 2.76. The van der Waals surface area contributed by atoms with Gasteiger partial charge in [0.2, 0.25) is 0 Å². The van der Waals surface area contributed by atoms with Crippen molar-refractivity contribution in [2.75, 3.05) is 0 Å². The monoisotopic (exact) mass is 211 g/mol. The number of allylic oxidation sites excluding steroid dienone is 1. The Morgan fingerprint density at radius 1 is 1.20 bits per heavy atom. The minimum absolute atomic E-state index is 0.703.